The molecule has 19 heavy (non-hydrogen) atoms. The number of imidazole rings is 1. The molecule has 4 heteroatoms. The van der Waals surface area contributed by atoms with Crippen molar-refractivity contribution in [2.75, 3.05) is 0 Å². The molecule has 94 valence electrons. The lowest BCUT2D eigenvalue weighted by Gasteiger charge is -2.02. The Morgan fingerprint density at radius 2 is 2.11 bits per heavy atom. The second-order valence-electron chi connectivity index (χ2n) is 4.74. The number of benzene rings is 2. The zero-order chi connectivity index (χ0) is 12.8. The molecule has 0 amide bonds. The summed E-state index contributed by atoms with van der Waals surface area (Å²) in [5, 5.41) is 9.83. The number of rotatable bonds is 1. The monoisotopic (exact) mass is 268 g/mol. The van der Waals surface area contributed by atoms with E-state index >= 15 is 0 Å². The maximum absolute atomic E-state index is 9.49. The molecule has 0 aliphatic carbocycles. The van der Waals surface area contributed by atoms with Crippen LogP contribution in [0.3, 0.4) is 0 Å². The van der Waals surface area contributed by atoms with Crippen LogP contribution in [0, 0.1) is 0 Å². The van der Waals surface area contributed by atoms with E-state index in [-0.39, 0.29) is 5.75 Å². The van der Waals surface area contributed by atoms with Crippen molar-refractivity contribution in [3.63, 3.8) is 0 Å². The molecule has 3 nitrogen and oxygen atoms in total. The van der Waals surface area contributed by atoms with Crippen LogP contribution in [0.15, 0.2) is 47.4 Å². The number of nitrogens with zero attached hydrogens (tertiary/aromatic N) is 1. The number of nitrogens with one attached hydrogen (secondary N) is 1. The summed E-state index contributed by atoms with van der Waals surface area (Å²) in [5.41, 5.74) is 3.19. The molecule has 1 aliphatic heterocycles. The standard InChI is InChI=1S/C15H12N2OS/c18-10-5-6-11-12(8-10)17-15(16-11)14-7-9-3-1-2-4-13(9)19-14/h1-6,8,14,18H,7H2,(H,16,17). The van der Waals surface area contributed by atoms with Crippen molar-refractivity contribution >= 4 is 22.8 Å². The molecule has 3 aromatic rings. The van der Waals surface area contributed by atoms with E-state index in [2.05, 4.69) is 34.2 Å². The van der Waals surface area contributed by atoms with Gasteiger partial charge in [-0.15, -0.1) is 11.8 Å². The van der Waals surface area contributed by atoms with Crippen molar-refractivity contribution in [1.82, 2.24) is 9.97 Å². The van der Waals surface area contributed by atoms with Gasteiger partial charge in [0.1, 0.15) is 11.6 Å². The number of hydrogen-bond donors (Lipinski definition) is 2. The lowest BCUT2D eigenvalue weighted by molar-refractivity contribution is 0.476. The van der Waals surface area contributed by atoms with Crippen LogP contribution in [0.2, 0.25) is 0 Å². The Hall–Kier alpha value is -1.94. The minimum absolute atomic E-state index is 0.269. The fourth-order valence-electron chi connectivity index (χ4n) is 2.50. The van der Waals surface area contributed by atoms with Gasteiger partial charge in [0, 0.05) is 11.0 Å². The van der Waals surface area contributed by atoms with Crippen LogP contribution in [-0.4, -0.2) is 15.1 Å². The molecule has 0 saturated heterocycles. The summed E-state index contributed by atoms with van der Waals surface area (Å²) in [6.07, 6.45) is 1.01. The molecule has 0 radical (unpaired) electrons. The predicted octanol–water partition coefficient (Wildman–Crippen LogP) is 3.66. The molecule has 2 aromatic carbocycles. The van der Waals surface area contributed by atoms with Crippen LogP contribution >= 0.6 is 11.8 Å². The largest absolute Gasteiger partial charge is 0.508 e. The van der Waals surface area contributed by atoms with Crippen LogP contribution in [0.5, 0.6) is 5.75 Å². The molecule has 0 bridgehead atoms. The summed E-state index contributed by atoms with van der Waals surface area (Å²) in [6, 6.07) is 13.7. The summed E-state index contributed by atoms with van der Waals surface area (Å²) in [6.45, 7) is 0. The van der Waals surface area contributed by atoms with E-state index < -0.39 is 0 Å². The molecule has 2 heterocycles. The Kier molecular flexibility index (Phi) is 2.32. The molecular weight excluding hydrogens is 256 g/mol. The highest BCUT2D eigenvalue weighted by Crippen LogP contribution is 2.45. The van der Waals surface area contributed by atoms with Crippen LogP contribution in [0.1, 0.15) is 16.6 Å². The van der Waals surface area contributed by atoms with Crippen molar-refractivity contribution in [3.8, 4) is 5.75 Å². The van der Waals surface area contributed by atoms with Gasteiger partial charge in [0.15, 0.2) is 0 Å². The summed E-state index contributed by atoms with van der Waals surface area (Å²) < 4.78 is 0. The number of phenolic OH excluding ortho intramolecular Hbond substituents is 1. The molecule has 1 atom stereocenters. The normalized spacial score (nSPS) is 17.8. The first-order chi connectivity index (χ1) is 9.29. The van der Waals surface area contributed by atoms with Gasteiger partial charge in [0.25, 0.3) is 0 Å². The van der Waals surface area contributed by atoms with E-state index in [4.69, 9.17) is 0 Å². The van der Waals surface area contributed by atoms with E-state index in [0.29, 0.717) is 5.25 Å². The number of aromatic amines is 1. The third-order valence-corrected chi connectivity index (χ3v) is 4.76. The van der Waals surface area contributed by atoms with E-state index in [1.807, 2.05) is 17.8 Å². The van der Waals surface area contributed by atoms with Crippen LogP contribution < -0.4 is 0 Å². The van der Waals surface area contributed by atoms with Gasteiger partial charge in [0.05, 0.1) is 16.3 Å². The van der Waals surface area contributed by atoms with Gasteiger partial charge in [-0.05, 0) is 30.2 Å². The quantitative estimate of drug-likeness (QED) is 0.708. The minimum atomic E-state index is 0.269. The average Bonchev–Trinajstić information content (AvgIpc) is 3.00. The third kappa shape index (κ3) is 1.79. The molecule has 0 spiro atoms. The lowest BCUT2D eigenvalue weighted by Crippen LogP contribution is -1.94. The smallest absolute Gasteiger partial charge is 0.121 e. The Morgan fingerprint density at radius 3 is 3.00 bits per heavy atom. The van der Waals surface area contributed by atoms with Crippen LogP contribution in [0.25, 0.3) is 11.0 Å². The maximum Gasteiger partial charge on any atom is 0.121 e. The number of fused-ring (bicyclic) bond motifs is 2. The molecule has 1 unspecified atom stereocenters. The maximum atomic E-state index is 9.49. The van der Waals surface area contributed by atoms with E-state index in [1.165, 1.54) is 10.5 Å². The highest BCUT2D eigenvalue weighted by molar-refractivity contribution is 7.99. The van der Waals surface area contributed by atoms with Crippen molar-refractivity contribution in [1.29, 1.82) is 0 Å². The molecule has 0 fully saturated rings. The fraction of sp³-hybridized carbons (Fsp3) is 0.133. The van der Waals surface area contributed by atoms with Crippen LogP contribution in [0.4, 0.5) is 0 Å². The zero-order valence-electron chi connectivity index (χ0n) is 10.1. The number of aromatic hydroxyl groups is 1. The van der Waals surface area contributed by atoms with E-state index in [0.717, 1.165) is 23.3 Å². The average molecular weight is 268 g/mol. The number of aromatic nitrogens is 2. The molecule has 4 rings (SSSR count). The van der Waals surface area contributed by atoms with Gasteiger partial charge < -0.3 is 10.1 Å². The SMILES string of the molecule is Oc1ccc2nc(C3Cc4ccccc4S3)[nH]c2c1. The van der Waals surface area contributed by atoms with Gasteiger partial charge in [-0.2, -0.15) is 0 Å². The summed E-state index contributed by atoms with van der Waals surface area (Å²) in [7, 11) is 0. The molecule has 1 aliphatic rings. The minimum Gasteiger partial charge on any atom is -0.508 e. The number of phenols is 1. The van der Waals surface area contributed by atoms with Crippen molar-refractivity contribution < 1.29 is 5.11 Å². The topological polar surface area (TPSA) is 48.9 Å². The predicted molar refractivity (Wildman–Crippen MR) is 76.5 cm³/mol. The van der Waals surface area contributed by atoms with Gasteiger partial charge >= 0.3 is 0 Å². The summed E-state index contributed by atoms with van der Waals surface area (Å²) in [4.78, 5) is 9.30. The fourth-order valence-corrected chi connectivity index (χ4v) is 3.76. The third-order valence-electron chi connectivity index (χ3n) is 3.44. The second kappa shape index (κ2) is 4.03. The second-order valence-corrected chi connectivity index (χ2v) is 5.99. The van der Waals surface area contributed by atoms with E-state index in [9.17, 15) is 5.11 Å². The number of hydrogen-bond acceptors (Lipinski definition) is 3. The first-order valence-corrected chi connectivity index (χ1v) is 7.11. The van der Waals surface area contributed by atoms with Crippen molar-refractivity contribution in [2.45, 2.75) is 16.6 Å². The Labute approximate surface area is 114 Å². The molecule has 1 aromatic heterocycles. The van der Waals surface area contributed by atoms with Crippen molar-refractivity contribution in [2.24, 2.45) is 0 Å². The Bertz CT molecular complexity index is 741. The molecular formula is C15H12N2OS. The van der Waals surface area contributed by atoms with Gasteiger partial charge in [-0.3, -0.25) is 0 Å². The summed E-state index contributed by atoms with van der Waals surface area (Å²) >= 11 is 1.85. The first-order valence-electron chi connectivity index (χ1n) is 6.23. The lowest BCUT2D eigenvalue weighted by atomic mass is 10.1. The molecule has 2 N–H and O–H groups in total. The van der Waals surface area contributed by atoms with Crippen LogP contribution in [-0.2, 0) is 6.42 Å². The first kappa shape index (κ1) is 10.9. The Balaban J connectivity index is 1.73. The highest BCUT2D eigenvalue weighted by Gasteiger charge is 2.25. The van der Waals surface area contributed by atoms with Gasteiger partial charge in [0.2, 0.25) is 0 Å². The Morgan fingerprint density at radius 1 is 1.21 bits per heavy atom. The van der Waals surface area contributed by atoms with Gasteiger partial charge in [-0.1, -0.05) is 18.2 Å². The number of thioether (sulfide) groups is 1. The summed E-state index contributed by atoms with van der Waals surface area (Å²) in [5.74, 6) is 1.26. The highest BCUT2D eigenvalue weighted by atomic mass is 32.2. The molecule has 0 saturated carbocycles. The van der Waals surface area contributed by atoms with Crippen molar-refractivity contribution in [3.05, 3.63) is 53.9 Å². The zero-order valence-corrected chi connectivity index (χ0v) is 10.9. The van der Waals surface area contributed by atoms with E-state index in [1.54, 1.807) is 12.1 Å². The van der Waals surface area contributed by atoms with Gasteiger partial charge in [-0.25, -0.2) is 4.98 Å². The number of H-pyrrole nitrogens is 1.